The van der Waals surface area contributed by atoms with Crippen LogP contribution >= 0.6 is 0 Å². The fourth-order valence-electron chi connectivity index (χ4n) is 6.93. The summed E-state index contributed by atoms with van der Waals surface area (Å²) >= 11 is 0. The van der Waals surface area contributed by atoms with Gasteiger partial charge in [-0.15, -0.1) is 0 Å². The predicted molar refractivity (Wildman–Crippen MR) is 123 cm³/mol. The fraction of sp³-hybridized carbons (Fsp3) is 0.654. The molecule has 198 valence electrons. The quantitative estimate of drug-likeness (QED) is 0.542. The zero-order valence-electron chi connectivity index (χ0n) is 20.3. The molecule has 3 heterocycles. The van der Waals surface area contributed by atoms with Crippen molar-refractivity contribution in [1.82, 2.24) is 24.6 Å². The van der Waals surface area contributed by atoms with Gasteiger partial charge in [-0.1, -0.05) is 0 Å². The lowest BCUT2D eigenvalue weighted by Crippen LogP contribution is -2.65. The number of nitrogens with zero attached hydrogens (tertiary/aromatic N) is 5. The third-order valence-corrected chi connectivity index (χ3v) is 9.03. The van der Waals surface area contributed by atoms with Crippen LogP contribution < -0.4 is 4.74 Å². The zero-order valence-corrected chi connectivity index (χ0v) is 20.3. The molecule has 0 bridgehead atoms. The normalized spacial score (nSPS) is 28.8. The Labute approximate surface area is 211 Å². The molecule has 3 saturated carbocycles. The van der Waals surface area contributed by atoms with E-state index in [1.807, 2.05) is 20.8 Å². The first kappa shape index (κ1) is 23.3. The average molecular weight is 520 g/mol. The van der Waals surface area contributed by atoms with Crippen LogP contribution in [0.25, 0.3) is 0 Å². The van der Waals surface area contributed by atoms with Crippen LogP contribution in [0.2, 0.25) is 0 Å². The van der Waals surface area contributed by atoms with Crippen molar-refractivity contribution in [2.24, 2.45) is 17.3 Å². The van der Waals surface area contributed by atoms with Gasteiger partial charge in [0.1, 0.15) is 6.33 Å². The Morgan fingerprint density at radius 3 is 2.38 bits per heavy atom. The second kappa shape index (κ2) is 8.07. The number of benzene rings is 1. The lowest BCUT2D eigenvalue weighted by molar-refractivity contribution is -0.137. The van der Waals surface area contributed by atoms with E-state index in [1.54, 1.807) is 0 Å². The summed E-state index contributed by atoms with van der Waals surface area (Å²) in [4.78, 5) is 21.4. The Kier molecular flexibility index (Phi) is 5.08. The maximum Gasteiger partial charge on any atom is 0.416 e. The van der Waals surface area contributed by atoms with Gasteiger partial charge in [-0.05, 0) is 68.6 Å². The fourth-order valence-corrected chi connectivity index (χ4v) is 6.93. The molecule has 37 heavy (non-hydrogen) atoms. The minimum atomic E-state index is -4.59. The molecule has 7 nitrogen and oxygen atoms in total. The molecule has 1 aromatic heterocycles. The van der Waals surface area contributed by atoms with Gasteiger partial charge in [0.05, 0.1) is 17.7 Å². The van der Waals surface area contributed by atoms with Crippen LogP contribution in [-0.2, 0) is 6.18 Å². The number of aromatic nitrogens is 3. The summed E-state index contributed by atoms with van der Waals surface area (Å²) in [6.45, 7) is 2.87. The predicted octanol–water partition coefficient (Wildman–Crippen LogP) is 4.86. The molecular weight excluding hydrogens is 490 g/mol. The molecule has 1 aromatic carbocycles. The number of urea groups is 1. The molecule has 2 amide bonds. The Morgan fingerprint density at radius 1 is 1.05 bits per heavy atom. The molecule has 11 heteroatoms. The van der Waals surface area contributed by atoms with E-state index in [4.69, 9.17) is 4.74 Å². The summed E-state index contributed by atoms with van der Waals surface area (Å²) in [6.07, 6.45) is 2.81. The zero-order chi connectivity index (χ0) is 25.5. The monoisotopic (exact) mass is 519 g/mol. The topological polar surface area (TPSA) is 63.5 Å². The van der Waals surface area contributed by atoms with Crippen LogP contribution in [-0.4, -0.2) is 62.9 Å². The maximum atomic E-state index is 14.2. The van der Waals surface area contributed by atoms with Gasteiger partial charge in [-0.3, -0.25) is 0 Å². The minimum Gasteiger partial charge on any atom is -0.487 e. The molecule has 2 saturated heterocycles. The standard InChI is InChI=1S/C26H29F4N5O2/c27-21-7-18(26(28,29)30)3-4-22(21)37-20-5-16-10-33(11-17(16)6-20)24(36)34-12-25(13-34)8-19(9-25)35-14-31-23(32-35)15-1-2-15/h3-4,7,14-17,19-20H,1-2,5-6,8-13H2/t16-,17+,20?. The molecule has 0 radical (unpaired) electrons. The van der Waals surface area contributed by atoms with Crippen molar-refractivity contribution in [2.45, 2.75) is 62.8 Å². The number of alkyl halides is 3. The van der Waals surface area contributed by atoms with Crippen LogP contribution in [0.5, 0.6) is 5.75 Å². The number of carbonyl (C=O) groups is 1. The number of likely N-dealkylation sites (tertiary alicyclic amines) is 2. The number of carbonyl (C=O) groups excluding carboxylic acids is 1. The molecule has 2 aromatic rings. The number of fused-ring (bicyclic) bond motifs is 1. The SMILES string of the molecule is O=C(N1C[C@H]2CC(Oc3ccc(C(F)(F)F)cc3F)C[C@H]2C1)N1CC2(CC(n3cnc(C4CC4)n3)C2)C1. The van der Waals surface area contributed by atoms with Crippen molar-refractivity contribution in [1.29, 1.82) is 0 Å². The number of hydrogen-bond acceptors (Lipinski definition) is 4. The van der Waals surface area contributed by atoms with Gasteiger partial charge in [0.2, 0.25) is 0 Å². The van der Waals surface area contributed by atoms with Gasteiger partial charge in [-0.25, -0.2) is 18.9 Å². The third-order valence-electron chi connectivity index (χ3n) is 9.03. The highest BCUT2D eigenvalue weighted by atomic mass is 19.4. The lowest BCUT2D eigenvalue weighted by Gasteiger charge is -2.59. The van der Waals surface area contributed by atoms with Crippen molar-refractivity contribution < 1.29 is 27.1 Å². The number of hydrogen-bond donors (Lipinski definition) is 0. The van der Waals surface area contributed by atoms with E-state index >= 15 is 0 Å². The van der Waals surface area contributed by atoms with Gasteiger partial charge < -0.3 is 14.5 Å². The van der Waals surface area contributed by atoms with Crippen LogP contribution in [0, 0.1) is 23.1 Å². The second-order valence-electron chi connectivity index (χ2n) is 11.8. The van der Waals surface area contributed by atoms with Crippen molar-refractivity contribution in [3.63, 3.8) is 0 Å². The van der Waals surface area contributed by atoms with Gasteiger partial charge in [0.25, 0.3) is 0 Å². The van der Waals surface area contributed by atoms with Gasteiger partial charge in [0, 0.05) is 37.5 Å². The highest BCUT2D eigenvalue weighted by Crippen LogP contribution is 2.54. The van der Waals surface area contributed by atoms with Crippen molar-refractivity contribution in [3.05, 3.63) is 41.7 Å². The van der Waals surface area contributed by atoms with Crippen LogP contribution in [0.15, 0.2) is 24.5 Å². The number of rotatable bonds is 4. The highest BCUT2D eigenvalue weighted by Gasteiger charge is 2.56. The Morgan fingerprint density at radius 2 is 1.76 bits per heavy atom. The summed E-state index contributed by atoms with van der Waals surface area (Å²) in [5.41, 5.74) is -0.812. The molecule has 5 aliphatic rings. The van der Waals surface area contributed by atoms with Crippen molar-refractivity contribution in [3.8, 4) is 5.75 Å². The van der Waals surface area contributed by atoms with E-state index in [0.29, 0.717) is 44.0 Å². The number of ether oxygens (including phenoxy) is 1. The summed E-state index contributed by atoms with van der Waals surface area (Å²) in [7, 11) is 0. The second-order valence-corrected chi connectivity index (χ2v) is 11.8. The molecule has 7 rings (SSSR count). The molecule has 3 aliphatic carbocycles. The van der Waals surface area contributed by atoms with Crippen molar-refractivity contribution >= 4 is 6.03 Å². The molecule has 5 fully saturated rings. The first-order chi connectivity index (χ1) is 17.7. The van der Waals surface area contributed by atoms with E-state index in [1.165, 1.54) is 12.8 Å². The first-order valence-corrected chi connectivity index (χ1v) is 13.1. The maximum absolute atomic E-state index is 14.2. The molecule has 1 unspecified atom stereocenters. The Balaban J connectivity index is 0.878. The smallest absolute Gasteiger partial charge is 0.416 e. The first-order valence-electron chi connectivity index (χ1n) is 13.1. The van der Waals surface area contributed by atoms with Gasteiger partial charge in [-0.2, -0.15) is 18.3 Å². The van der Waals surface area contributed by atoms with E-state index < -0.39 is 17.6 Å². The Hall–Kier alpha value is -2.85. The molecule has 2 aliphatic heterocycles. The summed E-state index contributed by atoms with van der Waals surface area (Å²) < 4.78 is 60.3. The van der Waals surface area contributed by atoms with Crippen LogP contribution in [0.4, 0.5) is 22.4 Å². The highest BCUT2D eigenvalue weighted by molar-refractivity contribution is 5.76. The average Bonchev–Trinajstić information content (AvgIpc) is 3.20. The summed E-state index contributed by atoms with van der Waals surface area (Å²) in [5, 5.41) is 4.66. The van der Waals surface area contributed by atoms with Crippen molar-refractivity contribution in [2.75, 3.05) is 26.2 Å². The van der Waals surface area contributed by atoms with Crippen LogP contribution in [0.3, 0.4) is 0 Å². The van der Waals surface area contributed by atoms with E-state index in [0.717, 1.165) is 43.9 Å². The van der Waals surface area contributed by atoms with Gasteiger partial charge >= 0.3 is 12.2 Å². The number of halogens is 4. The summed E-state index contributed by atoms with van der Waals surface area (Å²) in [6, 6.07) is 2.85. The molecular formula is C26H29F4N5O2. The number of amides is 2. The lowest BCUT2D eigenvalue weighted by atomic mass is 9.61. The van der Waals surface area contributed by atoms with E-state index in [2.05, 4.69) is 10.1 Å². The minimum absolute atomic E-state index is 0.0894. The van der Waals surface area contributed by atoms with E-state index in [9.17, 15) is 22.4 Å². The van der Waals surface area contributed by atoms with Crippen LogP contribution in [0.1, 0.15) is 61.9 Å². The largest absolute Gasteiger partial charge is 0.487 e. The molecule has 0 N–H and O–H groups in total. The van der Waals surface area contributed by atoms with Gasteiger partial charge in [0.15, 0.2) is 17.4 Å². The summed E-state index contributed by atoms with van der Waals surface area (Å²) in [5.74, 6) is 0.916. The Bertz CT molecular complexity index is 1200. The molecule has 3 atom stereocenters. The van der Waals surface area contributed by atoms with E-state index in [-0.39, 0.29) is 35.1 Å². The third kappa shape index (κ3) is 4.14. The molecule has 1 spiro atoms.